The van der Waals surface area contributed by atoms with Crippen LogP contribution in [0.5, 0.6) is 0 Å². The highest BCUT2D eigenvalue weighted by Gasteiger charge is 2.40. The summed E-state index contributed by atoms with van der Waals surface area (Å²) < 4.78 is 63.0. The van der Waals surface area contributed by atoms with E-state index >= 15 is 0 Å². The van der Waals surface area contributed by atoms with Crippen molar-refractivity contribution in [2.24, 2.45) is 0 Å². The fraction of sp³-hybridized carbons (Fsp3) is 0.531. The highest BCUT2D eigenvalue weighted by Crippen LogP contribution is 2.45. The molecule has 0 saturated carbocycles. The number of ether oxygens (including phenoxy) is 8. The second-order valence-corrected chi connectivity index (χ2v) is 23.4. The minimum atomic E-state index is -2.81. The van der Waals surface area contributed by atoms with Gasteiger partial charge in [0.1, 0.15) is 55.2 Å². The molecule has 0 radical (unpaired) electrons. The Labute approximate surface area is 453 Å². The van der Waals surface area contributed by atoms with Crippen molar-refractivity contribution in [3.05, 3.63) is 77.7 Å². The van der Waals surface area contributed by atoms with Gasteiger partial charge in [0.15, 0.2) is 0 Å². The molecule has 1 saturated heterocycles. The van der Waals surface area contributed by atoms with Crippen molar-refractivity contribution in [3.63, 3.8) is 0 Å². The van der Waals surface area contributed by atoms with E-state index in [0.29, 0.717) is 100 Å². The molecule has 0 bridgehead atoms. The molecule has 26 heteroatoms. The van der Waals surface area contributed by atoms with Crippen molar-refractivity contribution in [3.8, 4) is 23.0 Å². The number of hydrogen-bond acceptors (Lipinski definition) is 20. The Balaban J connectivity index is 0.725. The number of nitrogens with two attached hydrogens (primary N) is 1. The Bertz CT molecular complexity index is 2490. The van der Waals surface area contributed by atoms with E-state index < -0.39 is 45.0 Å². The molecule has 6 rings (SSSR count). The number of benzene rings is 2. The molecule has 21 nitrogen and oxygen atoms in total. The summed E-state index contributed by atoms with van der Waals surface area (Å²) in [4.78, 5) is 54.6. The molecule has 3 heterocycles. The third-order valence-electron chi connectivity index (χ3n) is 11.5. The predicted molar refractivity (Wildman–Crippen MR) is 291 cm³/mol. The maximum Gasteiger partial charge on any atom is 0.694 e. The number of aromatic nitrogens is 3. The van der Waals surface area contributed by atoms with Gasteiger partial charge in [0.25, 0.3) is 0 Å². The summed E-state index contributed by atoms with van der Waals surface area (Å²) in [5.74, 6) is 7.05. The number of rotatable bonds is 32. The first-order valence-electron chi connectivity index (χ1n) is 24.2. The zero-order chi connectivity index (χ0) is 53.3. The standard InChI is InChI=1S/C49H64N7O14PS4/c1-49(2,16-22-66-47(58)52-18-23-62-25-26-63-24-19-53-48(59)67-29-39-37-14-6-4-12-35(37)36-13-5-7-15-38(36)39)75-74-32-64-20-8-9-21-65-46(57)51-17-10-11-34-28-56(45-43(34)44(50)54-31-55-45)42-27-40(68-33-73-72-3)41(70-42)30-69-71(60)61/h4-7,12-15,28,31,39-42H,8-9,16-27,29-30,32-33H2,1-3H3,(H5-,50,51,52,53,54,55,57,58,59,60,61)/p+1/t40?,41-,42-/m1/s1. The molecular weight excluding hydrogens is 1070 g/mol. The SMILES string of the molecule is CSSCOC1C[C@H](n2cc(C#CCNC(=O)OCCCCOCSSC(C)(C)CCOC(=O)NCCOCCOCCNC(=O)OCC3c4ccccc4-c4ccccc43)c3c(N)ncnc32)O[C@@H]1CO[P+](=O)O. The van der Waals surface area contributed by atoms with Gasteiger partial charge in [-0.15, -0.1) is 9.42 Å². The van der Waals surface area contributed by atoms with Gasteiger partial charge in [-0.1, -0.05) is 104 Å². The predicted octanol–water partition coefficient (Wildman–Crippen LogP) is 8.00. The van der Waals surface area contributed by atoms with E-state index in [2.05, 4.69) is 75.9 Å². The number of unbranched alkanes of at least 4 members (excludes halogenated alkanes) is 1. The van der Waals surface area contributed by atoms with Crippen LogP contribution in [0.2, 0.25) is 0 Å². The van der Waals surface area contributed by atoms with Gasteiger partial charge in [-0.3, -0.25) is 0 Å². The fourth-order valence-corrected chi connectivity index (χ4v) is 11.2. The number of hydrogen-bond donors (Lipinski definition) is 5. The molecule has 6 N–H and O–H groups in total. The number of fused-ring (bicyclic) bond motifs is 4. The first kappa shape index (κ1) is 59.7. The Morgan fingerprint density at radius 2 is 1.51 bits per heavy atom. The molecule has 75 heavy (non-hydrogen) atoms. The molecule has 4 atom stereocenters. The average Bonchev–Trinajstić information content (AvgIpc) is 4.08. The molecular formula is C49H65N7O14PS4+. The topological polar surface area (TPSA) is 264 Å². The van der Waals surface area contributed by atoms with Crippen LogP contribution < -0.4 is 21.7 Å². The summed E-state index contributed by atoms with van der Waals surface area (Å²) in [6.45, 7) is 7.12. The van der Waals surface area contributed by atoms with Crippen molar-refractivity contribution in [2.45, 2.75) is 68.6 Å². The second kappa shape index (κ2) is 32.2. The second-order valence-electron chi connectivity index (χ2n) is 17.2. The third kappa shape index (κ3) is 19.8. The number of carbonyl (C=O) groups excluding carboxylic acids is 3. The highest BCUT2D eigenvalue weighted by atomic mass is 33.1. The lowest BCUT2D eigenvalue weighted by Gasteiger charge is -2.22. The largest absolute Gasteiger partial charge is 0.694 e. The Morgan fingerprint density at radius 3 is 2.21 bits per heavy atom. The first-order valence-corrected chi connectivity index (χ1v) is 30.4. The van der Waals surface area contributed by atoms with Gasteiger partial charge in [-0.25, -0.2) is 24.4 Å². The van der Waals surface area contributed by atoms with Crippen molar-refractivity contribution >= 4 is 86.6 Å². The van der Waals surface area contributed by atoms with Crippen LogP contribution in [0.15, 0.2) is 61.1 Å². The summed E-state index contributed by atoms with van der Waals surface area (Å²) in [6, 6.07) is 16.4. The van der Waals surface area contributed by atoms with Crippen LogP contribution >= 0.6 is 51.4 Å². The van der Waals surface area contributed by atoms with Crippen LogP contribution in [-0.4, -0.2) is 152 Å². The highest BCUT2D eigenvalue weighted by molar-refractivity contribution is 8.77. The van der Waals surface area contributed by atoms with E-state index in [0.717, 1.165) is 11.1 Å². The van der Waals surface area contributed by atoms with Crippen LogP contribution in [0.25, 0.3) is 22.2 Å². The third-order valence-corrected chi connectivity index (χ3v) is 16.4. The van der Waals surface area contributed by atoms with Crippen molar-refractivity contribution in [1.82, 2.24) is 30.5 Å². The summed E-state index contributed by atoms with van der Waals surface area (Å²) >= 11 is 0. The van der Waals surface area contributed by atoms with Gasteiger partial charge in [0.05, 0.1) is 63.2 Å². The van der Waals surface area contributed by atoms with Gasteiger partial charge in [0.2, 0.25) is 0 Å². The minimum absolute atomic E-state index is 0.00121. The van der Waals surface area contributed by atoms with Gasteiger partial charge >= 0.3 is 26.5 Å². The van der Waals surface area contributed by atoms with Crippen molar-refractivity contribution in [2.75, 3.05) is 103 Å². The lowest BCUT2D eigenvalue weighted by Crippen LogP contribution is -2.30. The Morgan fingerprint density at radius 1 is 0.840 bits per heavy atom. The van der Waals surface area contributed by atoms with E-state index in [4.69, 9.17) is 48.2 Å². The van der Waals surface area contributed by atoms with Crippen molar-refractivity contribution < 1.29 is 66.3 Å². The zero-order valence-electron chi connectivity index (χ0n) is 42.1. The van der Waals surface area contributed by atoms with E-state index in [9.17, 15) is 23.8 Å². The Kier molecular flexibility index (Phi) is 25.7. The van der Waals surface area contributed by atoms with E-state index in [-0.39, 0.29) is 49.5 Å². The van der Waals surface area contributed by atoms with Gasteiger partial charge in [0, 0.05) is 47.5 Å². The molecule has 1 aliphatic carbocycles. The normalized spacial score (nSPS) is 16.2. The maximum atomic E-state index is 12.3. The first-order chi connectivity index (χ1) is 36.4. The number of alkyl carbamates (subject to hydrolysis) is 3. The molecule has 3 amide bonds. The van der Waals surface area contributed by atoms with Crippen LogP contribution in [0.4, 0.5) is 20.2 Å². The molecule has 0 spiro atoms. The molecule has 408 valence electrons. The average molecular weight is 1140 g/mol. The minimum Gasteiger partial charge on any atom is -0.450 e. The zero-order valence-corrected chi connectivity index (χ0v) is 46.2. The molecule has 1 aliphatic heterocycles. The number of anilines is 1. The summed E-state index contributed by atoms with van der Waals surface area (Å²) in [5, 5.41) is 8.56. The molecule has 2 aromatic heterocycles. The lowest BCUT2D eigenvalue weighted by molar-refractivity contribution is -0.0485. The number of nitrogens with zero attached hydrogens (tertiary/aromatic N) is 3. The molecule has 4 aromatic rings. The number of carbonyl (C=O) groups is 3. The van der Waals surface area contributed by atoms with E-state index in [1.165, 1.54) is 28.2 Å². The quantitative estimate of drug-likeness (QED) is 0.00774. The molecule has 2 unspecified atom stereocenters. The van der Waals surface area contributed by atoms with Crippen LogP contribution in [0.1, 0.15) is 68.4 Å². The summed E-state index contributed by atoms with van der Waals surface area (Å²) in [5.41, 5.74) is 11.9. The van der Waals surface area contributed by atoms with Crippen LogP contribution in [0.3, 0.4) is 0 Å². The van der Waals surface area contributed by atoms with Gasteiger partial charge in [-0.05, 0) is 61.6 Å². The maximum absolute atomic E-state index is 12.3. The number of nitrogen functional groups attached to an aromatic ring is 1. The monoisotopic (exact) mass is 1130 g/mol. The molecule has 1 fully saturated rings. The van der Waals surface area contributed by atoms with Gasteiger partial charge < -0.3 is 64.1 Å². The van der Waals surface area contributed by atoms with E-state index in [1.807, 2.05) is 30.5 Å². The van der Waals surface area contributed by atoms with Crippen LogP contribution in [-0.2, 0) is 47.0 Å². The molecule has 2 aliphatic rings. The lowest BCUT2D eigenvalue weighted by atomic mass is 9.98. The Hall–Kier alpha value is -4.55. The summed E-state index contributed by atoms with van der Waals surface area (Å²) in [6.07, 6.45) is 4.24. The smallest absolute Gasteiger partial charge is 0.450 e. The van der Waals surface area contributed by atoms with Crippen molar-refractivity contribution in [1.29, 1.82) is 0 Å². The van der Waals surface area contributed by atoms with E-state index in [1.54, 1.807) is 43.1 Å². The van der Waals surface area contributed by atoms with Crippen LogP contribution in [0, 0.1) is 11.8 Å². The van der Waals surface area contributed by atoms with Gasteiger partial charge in [-0.2, -0.15) is 0 Å². The molecule has 2 aromatic carbocycles. The fourth-order valence-electron chi connectivity index (χ4n) is 7.88. The number of amides is 3. The summed E-state index contributed by atoms with van der Waals surface area (Å²) in [7, 11) is 3.49. The number of nitrogens with one attached hydrogen (secondary N) is 3.